The topological polar surface area (TPSA) is 62.4 Å². The monoisotopic (exact) mass is 352 g/mol. The van der Waals surface area contributed by atoms with E-state index in [4.69, 9.17) is 27.9 Å². The van der Waals surface area contributed by atoms with Crippen LogP contribution in [-0.2, 0) is 17.8 Å². The van der Waals surface area contributed by atoms with Crippen LogP contribution in [0.4, 0.5) is 0 Å². The number of carbonyl (C=O) groups is 1. The Balaban J connectivity index is 1.63. The van der Waals surface area contributed by atoms with E-state index in [1.165, 1.54) is 6.07 Å². The van der Waals surface area contributed by atoms with Crippen molar-refractivity contribution in [2.75, 3.05) is 13.2 Å². The third-order valence-corrected chi connectivity index (χ3v) is 4.22. The second-order valence-electron chi connectivity index (χ2n) is 5.26. The molecule has 0 radical (unpaired) electrons. The molecule has 3 rings (SSSR count). The molecule has 7 heteroatoms. The Morgan fingerprint density at radius 2 is 2.09 bits per heavy atom. The number of ether oxygens (including phenoxy) is 1. The fourth-order valence-electron chi connectivity index (χ4n) is 2.49. The van der Waals surface area contributed by atoms with Crippen molar-refractivity contribution in [1.82, 2.24) is 9.88 Å². The number of halogens is 2. The molecule has 0 atom stereocenters. The lowest BCUT2D eigenvalue weighted by Gasteiger charge is -2.28. The summed E-state index contributed by atoms with van der Waals surface area (Å²) < 4.78 is 5.47. The van der Waals surface area contributed by atoms with E-state index in [0.717, 1.165) is 11.3 Å². The number of rotatable bonds is 3. The number of aromatic nitrogens is 1. The van der Waals surface area contributed by atoms with Crippen LogP contribution >= 0.6 is 23.2 Å². The zero-order valence-corrected chi connectivity index (χ0v) is 13.7. The van der Waals surface area contributed by atoms with E-state index in [0.29, 0.717) is 35.3 Å². The molecule has 0 bridgehead atoms. The van der Waals surface area contributed by atoms with Gasteiger partial charge in [0.25, 0.3) is 5.91 Å². The van der Waals surface area contributed by atoms with E-state index in [2.05, 4.69) is 4.98 Å². The van der Waals surface area contributed by atoms with Gasteiger partial charge in [-0.2, -0.15) is 0 Å². The number of amides is 1. The van der Waals surface area contributed by atoms with Gasteiger partial charge in [-0.3, -0.25) is 9.59 Å². The summed E-state index contributed by atoms with van der Waals surface area (Å²) in [6, 6.07) is 8.08. The van der Waals surface area contributed by atoms with Crippen molar-refractivity contribution in [2.45, 2.75) is 13.0 Å². The first-order valence-electron chi connectivity index (χ1n) is 7.09. The maximum Gasteiger partial charge on any atom is 0.260 e. The molecule has 0 aliphatic carbocycles. The Kier molecular flexibility index (Phi) is 4.59. The van der Waals surface area contributed by atoms with Crippen LogP contribution < -0.4 is 10.3 Å². The van der Waals surface area contributed by atoms with Gasteiger partial charge in [-0.05, 0) is 23.8 Å². The molecule has 1 N–H and O–H groups in total. The van der Waals surface area contributed by atoms with Crippen molar-refractivity contribution >= 4 is 29.1 Å². The van der Waals surface area contributed by atoms with E-state index in [-0.39, 0.29) is 18.1 Å². The van der Waals surface area contributed by atoms with Gasteiger partial charge >= 0.3 is 0 Å². The summed E-state index contributed by atoms with van der Waals surface area (Å²) in [4.78, 5) is 28.1. The highest BCUT2D eigenvalue weighted by molar-refractivity contribution is 6.35. The summed E-state index contributed by atoms with van der Waals surface area (Å²) in [6.07, 6.45) is 0.624. The first kappa shape index (κ1) is 15.9. The molecule has 2 heterocycles. The summed E-state index contributed by atoms with van der Waals surface area (Å²) in [5.74, 6) is 0.291. The number of fused-ring (bicyclic) bond motifs is 1. The zero-order valence-electron chi connectivity index (χ0n) is 12.1. The van der Waals surface area contributed by atoms with Crippen molar-refractivity contribution in [3.05, 3.63) is 62.0 Å². The van der Waals surface area contributed by atoms with Crippen LogP contribution in [0.5, 0.6) is 5.75 Å². The molecule has 23 heavy (non-hydrogen) atoms. The third kappa shape index (κ3) is 3.68. The molecule has 1 aromatic heterocycles. The van der Waals surface area contributed by atoms with Crippen LogP contribution in [0.1, 0.15) is 11.3 Å². The van der Waals surface area contributed by atoms with Gasteiger partial charge < -0.3 is 14.6 Å². The zero-order chi connectivity index (χ0) is 16.4. The number of hydrogen-bond acceptors (Lipinski definition) is 3. The average molecular weight is 353 g/mol. The molecule has 0 saturated carbocycles. The second kappa shape index (κ2) is 6.64. The van der Waals surface area contributed by atoms with Crippen molar-refractivity contribution < 1.29 is 9.53 Å². The number of hydrogen-bond donors (Lipinski definition) is 1. The largest absolute Gasteiger partial charge is 0.482 e. The molecule has 1 aliphatic rings. The Morgan fingerprint density at radius 1 is 1.26 bits per heavy atom. The highest BCUT2D eigenvalue weighted by atomic mass is 35.5. The molecule has 0 saturated heterocycles. The minimum absolute atomic E-state index is 0.0972. The quantitative estimate of drug-likeness (QED) is 0.923. The molecule has 2 aromatic rings. The SMILES string of the molecule is O=C(COc1ccc(Cl)cc1Cl)N1CCc2[nH]c(=O)ccc2C1. The Bertz CT molecular complexity index is 804. The molecular formula is C16H14Cl2N2O3. The first-order valence-corrected chi connectivity index (χ1v) is 7.85. The number of nitrogens with zero attached hydrogens (tertiary/aromatic N) is 1. The molecule has 0 spiro atoms. The molecular weight excluding hydrogens is 339 g/mol. The average Bonchev–Trinajstić information content (AvgIpc) is 2.53. The molecule has 1 amide bonds. The van der Waals surface area contributed by atoms with Crippen molar-refractivity contribution in [2.24, 2.45) is 0 Å². The van der Waals surface area contributed by atoms with Gasteiger partial charge in [0.05, 0.1) is 5.02 Å². The minimum atomic E-state index is -0.132. The Morgan fingerprint density at radius 3 is 2.87 bits per heavy atom. The van der Waals surface area contributed by atoms with Gasteiger partial charge in [-0.25, -0.2) is 0 Å². The van der Waals surface area contributed by atoms with Gasteiger partial charge in [0.1, 0.15) is 5.75 Å². The fraction of sp³-hybridized carbons (Fsp3) is 0.250. The normalized spacial score (nSPS) is 13.6. The predicted octanol–water partition coefficient (Wildman–Crippen LogP) is 2.65. The Hall–Kier alpha value is -1.98. The standard InChI is InChI=1S/C16H14Cl2N2O3/c17-11-2-3-14(12(18)7-11)23-9-16(22)20-6-5-13-10(8-20)1-4-15(21)19-13/h1-4,7H,5-6,8-9H2,(H,19,21). The minimum Gasteiger partial charge on any atom is -0.482 e. The maximum absolute atomic E-state index is 12.3. The fourth-order valence-corrected chi connectivity index (χ4v) is 2.95. The molecule has 1 aromatic carbocycles. The highest BCUT2D eigenvalue weighted by Gasteiger charge is 2.21. The van der Waals surface area contributed by atoms with Crippen molar-refractivity contribution in [3.8, 4) is 5.75 Å². The van der Waals surface area contributed by atoms with Crippen LogP contribution in [0.2, 0.25) is 10.0 Å². The van der Waals surface area contributed by atoms with Crippen LogP contribution in [0.15, 0.2) is 35.1 Å². The molecule has 0 unspecified atom stereocenters. The lowest BCUT2D eigenvalue weighted by molar-refractivity contribution is -0.134. The lowest BCUT2D eigenvalue weighted by Crippen LogP contribution is -2.39. The summed E-state index contributed by atoms with van der Waals surface area (Å²) in [5, 5.41) is 0.877. The highest BCUT2D eigenvalue weighted by Crippen LogP contribution is 2.27. The first-order chi connectivity index (χ1) is 11.0. The van der Waals surface area contributed by atoms with Crippen LogP contribution in [0, 0.1) is 0 Å². The second-order valence-corrected chi connectivity index (χ2v) is 6.10. The number of benzene rings is 1. The lowest BCUT2D eigenvalue weighted by atomic mass is 10.1. The van der Waals surface area contributed by atoms with E-state index >= 15 is 0 Å². The molecule has 5 nitrogen and oxygen atoms in total. The van der Waals surface area contributed by atoms with Gasteiger partial charge in [0, 0.05) is 36.3 Å². The summed E-state index contributed by atoms with van der Waals surface area (Å²) in [7, 11) is 0. The van der Waals surface area contributed by atoms with E-state index in [1.54, 1.807) is 29.2 Å². The van der Waals surface area contributed by atoms with Crippen LogP contribution in [0.3, 0.4) is 0 Å². The molecule has 0 fully saturated rings. The Labute approximate surface area is 142 Å². The summed E-state index contributed by atoms with van der Waals surface area (Å²) in [5.41, 5.74) is 1.72. The molecule has 1 aliphatic heterocycles. The smallest absolute Gasteiger partial charge is 0.260 e. The van der Waals surface area contributed by atoms with Crippen LogP contribution in [0.25, 0.3) is 0 Å². The molecule has 120 valence electrons. The number of H-pyrrole nitrogens is 1. The number of pyridine rings is 1. The van der Waals surface area contributed by atoms with Gasteiger partial charge in [-0.1, -0.05) is 29.3 Å². The van der Waals surface area contributed by atoms with E-state index in [1.807, 2.05) is 0 Å². The number of aromatic amines is 1. The van der Waals surface area contributed by atoms with Crippen molar-refractivity contribution in [1.29, 1.82) is 0 Å². The van der Waals surface area contributed by atoms with Crippen molar-refractivity contribution in [3.63, 3.8) is 0 Å². The summed E-state index contributed by atoms with van der Waals surface area (Å²) >= 11 is 11.8. The number of carbonyl (C=O) groups excluding carboxylic acids is 1. The summed E-state index contributed by atoms with van der Waals surface area (Å²) in [6.45, 7) is 0.909. The van der Waals surface area contributed by atoms with Gasteiger partial charge in [-0.15, -0.1) is 0 Å². The maximum atomic E-state index is 12.3. The number of nitrogens with one attached hydrogen (secondary N) is 1. The van der Waals surface area contributed by atoms with E-state index in [9.17, 15) is 9.59 Å². The predicted molar refractivity (Wildman–Crippen MR) is 88.1 cm³/mol. The van der Waals surface area contributed by atoms with Crippen LogP contribution in [-0.4, -0.2) is 28.9 Å². The van der Waals surface area contributed by atoms with Gasteiger partial charge in [0.2, 0.25) is 5.56 Å². The van der Waals surface area contributed by atoms with E-state index < -0.39 is 0 Å². The third-order valence-electron chi connectivity index (χ3n) is 3.69. The van der Waals surface area contributed by atoms with Gasteiger partial charge in [0.15, 0.2) is 6.61 Å².